The second-order valence-corrected chi connectivity index (χ2v) is 9.91. The summed E-state index contributed by atoms with van der Waals surface area (Å²) in [5, 5.41) is 14.9. The van der Waals surface area contributed by atoms with Crippen LogP contribution in [-0.2, 0) is 4.79 Å². The second kappa shape index (κ2) is 8.98. The molecule has 0 bridgehead atoms. The number of rotatable bonds is 6. The number of aromatic nitrogens is 3. The van der Waals surface area contributed by atoms with Crippen molar-refractivity contribution in [1.82, 2.24) is 14.8 Å². The average molecular weight is 500 g/mol. The standard InChI is InChI=1S/C19H20BrClN4OS2/c1-10(2)25-18(14-8-27-12(4)11(14)3)23-24-19(25)28-9-17(26)22-16-6-5-13(20)7-15(16)21/h5-8,10H,9H2,1-4H3,(H,22,26). The van der Waals surface area contributed by atoms with Gasteiger partial charge in [0.1, 0.15) is 0 Å². The van der Waals surface area contributed by atoms with Crippen molar-refractivity contribution in [1.29, 1.82) is 0 Å². The number of thiophene rings is 1. The Balaban J connectivity index is 1.75. The molecule has 2 aromatic heterocycles. The van der Waals surface area contributed by atoms with Crippen LogP contribution in [0.25, 0.3) is 11.4 Å². The van der Waals surface area contributed by atoms with Crippen molar-refractivity contribution < 1.29 is 4.79 Å². The highest BCUT2D eigenvalue weighted by Crippen LogP contribution is 2.33. The molecule has 3 rings (SSSR count). The van der Waals surface area contributed by atoms with Gasteiger partial charge in [-0.15, -0.1) is 21.5 Å². The predicted octanol–water partition coefficient (Wildman–Crippen LogP) is 6.35. The summed E-state index contributed by atoms with van der Waals surface area (Å²) in [6, 6.07) is 5.53. The Bertz CT molecular complexity index is 1020. The van der Waals surface area contributed by atoms with Gasteiger partial charge >= 0.3 is 0 Å². The van der Waals surface area contributed by atoms with E-state index in [1.54, 1.807) is 23.5 Å². The number of carbonyl (C=O) groups excluding carboxylic acids is 1. The molecular formula is C19H20BrClN4OS2. The quantitative estimate of drug-likeness (QED) is 0.401. The van der Waals surface area contributed by atoms with Crippen molar-refractivity contribution in [2.24, 2.45) is 0 Å². The summed E-state index contributed by atoms with van der Waals surface area (Å²) in [5.74, 6) is 0.922. The molecule has 0 saturated heterocycles. The van der Waals surface area contributed by atoms with Gasteiger partial charge in [0.15, 0.2) is 11.0 Å². The molecule has 0 aliphatic carbocycles. The van der Waals surface area contributed by atoms with Gasteiger partial charge in [-0.25, -0.2) is 0 Å². The van der Waals surface area contributed by atoms with Gasteiger partial charge in [0.2, 0.25) is 5.91 Å². The normalized spacial score (nSPS) is 11.2. The van der Waals surface area contributed by atoms with Gasteiger partial charge in [-0.2, -0.15) is 0 Å². The zero-order valence-electron chi connectivity index (χ0n) is 15.9. The van der Waals surface area contributed by atoms with E-state index in [2.05, 4.69) is 69.1 Å². The lowest BCUT2D eigenvalue weighted by molar-refractivity contribution is -0.113. The smallest absolute Gasteiger partial charge is 0.234 e. The highest BCUT2D eigenvalue weighted by atomic mass is 79.9. The van der Waals surface area contributed by atoms with Gasteiger partial charge in [-0.1, -0.05) is 39.3 Å². The molecule has 0 spiro atoms. The molecule has 28 heavy (non-hydrogen) atoms. The summed E-state index contributed by atoms with van der Waals surface area (Å²) in [5.41, 5.74) is 2.91. The van der Waals surface area contributed by atoms with E-state index < -0.39 is 0 Å². The van der Waals surface area contributed by atoms with Crippen molar-refractivity contribution in [3.8, 4) is 11.4 Å². The van der Waals surface area contributed by atoms with Crippen LogP contribution in [0.15, 0.2) is 33.2 Å². The number of carbonyl (C=O) groups is 1. The minimum absolute atomic E-state index is 0.142. The molecule has 0 unspecified atom stereocenters. The van der Waals surface area contributed by atoms with Crippen molar-refractivity contribution in [3.05, 3.63) is 43.5 Å². The summed E-state index contributed by atoms with van der Waals surface area (Å²) in [4.78, 5) is 13.7. The summed E-state index contributed by atoms with van der Waals surface area (Å²) in [6.07, 6.45) is 0. The summed E-state index contributed by atoms with van der Waals surface area (Å²) in [7, 11) is 0. The van der Waals surface area contributed by atoms with Crippen LogP contribution in [0.5, 0.6) is 0 Å². The van der Waals surface area contributed by atoms with Crippen LogP contribution in [0, 0.1) is 13.8 Å². The number of amides is 1. The third-order valence-electron chi connectivity index (χ3n) is 4.25. The molecule has 0 aliphatic heterocycles. The topological polar surface area (TPSA) is 59.8 Å². The number of benzene rings is 1. The molecule has 5 nitrogen and oxygen atoms in total. The van der Waals surface area contributed by atoms with Crippen LogP contribution in [-0.4, -0.2) is 26.4 Å². The maximum Gasteiger partial charge on any atom is 0.234 e. The van der Waals surface area contributed by atoms with Crippen LogP contribution in [0.3, 0.4) is 0 Å². The Morgan fingerprint density at radius 1 is 1.36 bits per heavy atom. The predicted molar refractivity (Wildman–Crippen MR) is 122 cm³/mol. The van der Waals surface area contributed by atoms with Crippen molar-refractivity contribution in [3.63, 3.8) is 0 Å². The first kappa shape index (κ1) is 21.4. The summed E-state index contributed by atoms with van der Waals surface area (Å²) in [6.45, 7) is 8.38. The van der Waals surface area contributed by atoms with E-state index in [1.165, 1.54) is 22.2 Å². The zero-order valence-corrected chi connectivity index (χ0v) is 19.9. The third kappa shape index (κ3) is 4.62. The molecule has 1 amide bonds. The van der Waals surface area contributed by atoms with E-state index in [1.807, 2.05) is 6.07 Å². The molecular weight excluding hydrogens is 480 g/mol. The Kier molecular flexibility index (Phi) is 6.85. The first-order valence-corrected chi connectivity index (χ1v) is 11.7. The number of thioether (sulfide) groups is 1. The van der Waals surface area contributed by atoms with E-state index >= 15 is 0 Å². The van der Waals surface area contributed by atoms with Gasteiger partial charge in [0.05, 0.1) is 16.5 Å². The van der Waals surface area contributed by atoms with Crippen molar-refractivity contribution >= 4 is 62.2 Å². The van der Waals surface area contributed by atoms with Crippen molar-refractivity contribution in [2.75, 3.05) is 11.1 Å². The van der Waals surface area contributed by atoms with Crippen LogP contribution < -0.4 is 5.32 Å². The van der Waals surface area contributed by atoms with Gasteiger partial charge < -0.3 is 5.32 Å². The molecule has 148 valence electrons. The van der Waals surface area contributed by atoms with Gasteiger partial charge in [-0.3, -0.25) is 9.36 Å². The number of anilines is 1. The Labute approximate surface area is 186 Å². The molecule has 0 aliphatic rings. The third-order valence-corrected chi connectivity index (χ3v) is 7.01. The minimum atomic E-state index is -0.142. The van der Waals surface area contributed by atoms with E-state index in [0.29, 0.717) is 10.7 Å². The number of nitrogens with zero attached hydrogens (tertiary/aromatic N) is 3. The molecule has 0 atom stereocenters. The average Bonchev–Trinajstić information content (AvgIpc) is 3.19. The first-order valence-electron chi connectivity index (χ1n) is 8.65. The molecule has 2 heterocycles. The second-order valence-electron chi connectivity index (χ2n) is 6.56. The zero-order chi connectivity index (χ0) is 20.4. The maximum atomic E-state index is 12.4. The number of halogens is 2. The van der Waals surface area contributed by atoms with Gasteiger partial charge in [-0.05, 0) is 51.5 Å². The van der Waals surface area contributed by atoms with Crippen LogP contribution in [0.4, 0.5) is 5.69 Å². The highest BCUT2D eigenvalue weighted by Gasteiger charge is 2.20. The van der Waals surface area contributed by atoms with Crippen molar-refractivity contribution in [2.45, 2.75) is 38.9 Å². The number of nitrogens with one attached hydrogen (secondary N) is 1. The molecule has 3 aromatic rings. The fraction of sp³-hybridized carbons (Fsp3) is 0.316. The molecule has 1 aromatic carbocycles. The fourth-order valence-corrected chi connectivity index (χ4v) is 5.12. The summed E-state index contributed by atoms with van der Waals surface area (Å²) < 4.78 is 2.94. The van der Waals surface area contributed by atoms with Gasteiger partial charge in [0, 0.05) is 26.3 Å². The number of hydrogen-bond acceptors (Lipinski definition) is 5. The van der Waals surface area contributed by atoms with Crippen LogP contribution >= 0.6 is 50.6 Å². The van der Waals surface area contributed by atoms with Crippen LogP contribution in [0.2, 0.25) is 5.02 Å². The van der Waals surface area contributed by atoms with Gasteiger partial charge in [0.25, 0.3) is 0 Å². The largest absolute Gasteiger partial charge is 0.324 e. The Morgan fingerprint density at radius 3 is 2.71 bits per heavy atom. The molecule has 1 N–H and O–H groups in total. The first-order chi connectivity index (χ1) is 13.3. The number of hydrogen-bond donors (Lipinski definition) is 1. The maximum absolute atomic E-state index is 12.4. The SMILES string of the molecule is Cc1scc(-c2nnc(SCC(=O)Nc3ccc(Br)cc3Cl)n2C(C)C)c1C. The Hall–Kier alpha value is -1.35. The molecule has 9 heteroatoms. The lowest BCUT2D eigenvalue weighted by Crippen LogP contribution is -2.15. The lowest BCUT2D eigenvalue weighted by atomic mass is 10.1. The molecule has 0 saturated carbocycles. The van der Waals surface area contributed by atoms with E-state index in [-0.39, 0.29) is 17.7 Å². The number of aryl methyl sites for hydroxylation is 1. The minimum Gasteiger partial charge on any atom is -0.324 e. The fourth-order valence-electron chi connectivity index (χ4n) is 2.67. The monoisotopic (exact) mass is 498 g/mol. The van der Waals surface area contributed by atoms with E-state index in [9.17, 15) is 4.79 Å². The molecule has 0 radical (unpaired) electrons. The summed E-state index contributed by atoms with van der Waals surface area (Å²) >= 11 is 12.6. The molecule has 0 fully saturated rings. The van der Waals surface area contributed by atoms with Crippen LogP contribution in [0.1, 0.15) is 30.3 Å². The highest BCUT2D eigenvalue weighted by molar-refractivity contribution is 9.10. The lowest BCUT2D eigenvalue weighted by Gasteiger charge is -2.14. The van der Waals surface area contributed by atoms with E-state index in [0.717, 1.165) is 21.0 Å². The Morgan fingerprint density at radius 2 is 2.11 bits per heavy atom. The van der Waals surface area contributed by atoms with E-state index in [4.69, 9.17) is 11.6 Å².